The quantitative estimate of drug-likeness (QED) is 0.819. The van der Waals surface area contributed by atoms with Crippen molar-refractivity contribution < 1.29 is 9.47 Å². The molecule has 1 atom stereocenters. The lowest BCUT2D eigenvalue weighted by molar-refractivity contribution is 0.185. The summed E-state index contributed by atoms with van der Waals surface area (Å²) >= 11 is 0. The maximum Gasteiger partial charge on any atom is 0.128 e. The van der Waals surface area contributed by atoms with Gasteiger partial charge in [-0.15, -0.1) is 0 Å². The van der Waals surface area contributed by atoms with Gasteiger partial charge in [-0.1, -0.05) is 6.07 Å². The van der Waals surface area contributed by atoms with Crippen LogP contribution in [-0.4, -0.2) is 37.9 Å². The highest BCUT2D eigenvalue weighted by Gasteiger charge is 2.14. The lowest BCUT2D eigenvalue weighted by Gasteiger charge is -2.11. The van der Waals surface area contributed by atoms with Crippen molar-refractivity contribution in [3.05, 3.63) is 36.5 Å². The van der Waals surface area contributed by atoms with E-state index in [4.69, 9.17) is 9.47 Å². The molecular weight excluding hydrogens is 252 g/mol. The minimum atomic E-state index is 0.664. The smallest absolute Gasteiger partial charge is 0.128 e. The van der Waals surface area contributed by atoms with Crippen molar-refractivity contribution in [3.8, 4) is 5.75 Å². The van der Waals surface area contributed by atoms with Gasteiger partial charge in [-0.3, -0.25) is 4.98 Å². The Morgan fingerprint density at radius 3 is 3.20 bits per heavy atom. The number of nitrogens with one attached hydrogen (secondary N) is 1. The van der Waals surface area contributed by atoms with Gasteiger partial charge in [0.2, 0.25) is 0 Å². The van der Waals surface area contributed by atoms with E-state index in [1.54, 1.807) is 6.20 Å². The molecule has 4 nitrogen and oxygen atoms in total. The number of hydrogen-bond acceptors (Lipinski definition) is 4. The fourth-order valence-electron chi connectivity index (χ4n) is 2.48. The highest BCUT2D eigenvalue weighted by atomic mass is 16.5. The first-order chi connectivity index (χ1) is 9.93. The Balaban J connectivity index is 1.47. The Hall–Kier alpha value is -1.65. The van der Waals surface area contributed by atoms with Crippen LogP contribution in [0.15, 0.2) is 36.5 Å². The molecule has 1 aromatic heterocycles. The van der Waals surface area contributed by atoms with Crippen LogP contribution in [-0.2, 0) is 4.74 Å². The molecule has 0 aliphatic carbocycles. The molecule has 2 aromatic rings. The maximum absolute atomic E-state index is 5.85. The second-order valence-corrected chi connectivity index (χ2v) is 5.11. The predicted octanol–water partition coefficient (Wildman–Crippen LogP) is 2.24. The summed E-state index contributed by atoms with van der Waals surface area (Å²) in [6, 6.07) is 9.96. The van der Waals surface area contributed by atoms with Gasteiger partial charge in [0.15, 0.2) is 0 Å². The monoisotopic (exact) mass is 272 g/mol. The minimum Gasteiger partial charge on any atom is -0.492 e. The molecular formula is C16H20N2O2. The van der Waals surface area contributed by atoms with Gasteiger partial charge >= 0.3 is 0 Å². The van der Waals surface area contributed by atoms with Crippen LogP contribution in [0.3, 0.4) is 0 Å². The lowest BCUT2D eigenvalue weighted by atomic mass is 10.1. The molecule has 106 valence electrons. The molecule has 20 heavy (non-hydrogen) atoms. The molecule has 2 heterocycles. The van der Waals surface area contributed by atoms with E-state index < -0.39 is 0 Å². The Morgan fingerprint density at radius 1 is 1.30 bits per heavy atom. The van der Waals surface area contributed by atoms with E-state index >= 15 is 0 Å². The average molecular weight is 272 g/mol. The van der Waals surface area contributed by atoms with Crippen LogP contribution in [0.25, 0.3) is 10.9 Å². The first kappa shape index (κ1) is 13.3. The van der Waals surface area contributed by atoms with Crippen LogP contribution in [0, 0.1) is 5.92 Å². The number of aromatic nitrogens is 1. The second-order valence-electron chi connectivity index (χ2n) is 5.11. The summed E-state index contributed by atoms with van der Waals surface area (Å²) in [7, 11) is 0. The number of ether oxygens (including phenoxy) is 2. The standard InChI is InChI=1S/C16H20N2O2/c1-4-15-14(3-2-7-18-15)16(5-1)20-10-8-17-11-13-6-9-19-12-13/h1-5,7,13,17H,6,8-12H2. The van der Waals surface area contributed by atoms with E-state index in [0.717, 1.165) is 43.0 Å². The van der Waals surface area contributed by atoms with E-state index in [9.17, 15) is 0 Å². The summed E-state index contributed by atoms with van der Waals surface area (Å²) in [5, 5.41) is 4.49. The van der Waals surface area contributed by atoms with E-state index in [0.29, 0.717) is 12.5 Å². The topological polar surface area (TPSA) is 43.4 Å². The lowest BCUT2D eigenvalue weighted by Crippen LogP contribution is -2.27. The van der Waals surface area contributed by atoms with Gasteiger partial charge < -0.3 is 14.8 Å². The van der Waals surface area contributed by atoms with Crippen LogP contribution >= 0.6 is 0 Å². The van der Waals surface area contributed by atoms with Gasteiger partial charge in [-0.2, -0.15) is 0 Å². The number of nitrogens with zero attached hydrogens (tertiary/aromatic N) is 1. The molecule has 0 spiro atoms. The molecule has 0 bridgehead atoms. The molecule has 1 fully saturated rings. The number of pyridine rings is 1. The van der Waals surface area contributed by atoms with Gasteiger partial charge in [-0.25, -0.2) is 0 Å². The summed E-state index contributed by atoms with van der Waals surface area (Å²) in [4.78, 5) is 4.33. The van der Waals surface area contributed by atoms with Crippen LogP contribution in [0.4, 0.5) is 0 Å². The van der Waals surface area contributed by atoms with Gasteiger partial charge in [-0.05, 0) is 36.6 Å². The van der Waals surface area contributed by atoms with E-state index in [1.165, 1.54) is 6.42 Å². The Morgan fingerprint density at radius 2 is 2.30 bits per heavy atom. The summed E-state index contributed by atoms with van der Waals surface area (Å²) in [5.74, 6) is 1.57. The van der Waals surface area contributed by atoms with Crippen LogP contribution in [0.1, 0.15) is 6.42 Å². The number of fused-ring (bicyclic) bond motifs is 1. The van der Waals surface area contributed by atoms with Crippen molar-refractivity contribution in [2.45, 2.75) is 6.42 Å². The molecule has 1 unspecified atom stereocenters. The van der Waals surface area contributed by atoms with Crippen LogP contribution < -0.4 is 10.1 Å². The molecule has 1 aromatic carbocycles. The molecule has 1 aliphatic rings. The van der Waals surface area contributed by atoms with Crippen molar-refractivity contribution in [2.24, 2.45) is 5.92 Å². The third-order valence-corrected chi connectivity index (χ3v) is 3.60. The summed E-state index contributed by atoms with van der Waals surface area (Å²) < 4.78 is 11.2. The Bertz CT molecular complexity index is 548. The molecule has 0 amide bonds. The zero-order chi connectivity index (χ0) is 13.6. The number of benzene rings is 1. The largest absolute Gasteiger partial charge is 0.492 e. The zero-order valence-corrected chi connectivity index (χ0v) is 11.5. The summed E-state index contributed by atoms with van der Waals surface area (Å²) in [5.41, 5.74) is 0.973. The highest BCUT2D eigenvalue weighted by Crippen LogP contribution is 2.23. The minimum absolute atomic E-state index is 0.664. The van der Waals surface area contributed by atoms with Crippen LogP contribution in [0.2, 0.25) is 0 Å². The molecule has 1 aliphatic heterocycles. The van der Waals surface area contributed by atoms with Gasteiger partial charge in [0.05, 0.1) is 12.1 Å². The SMILES string of the molecule is c1cc(OCCNCC2CCOC2)c2cccnc2c1. The fourth-order valence-corrected chi connectivity index (χ4v) is 2.48. The molecule has 0 radical (unpaired) electrons. The van der Waals surface area contributed by atoms with Crippen molar-refractivity contribution >= 4 is 10.9 Å². The maximum atomic E-state index is 5.85. The summed E-state index contributed by atoms with van der Waals surface area (Å²) in [6.45, 7) is 4.34. The summed E-state index contributed by atoms with van der Waals surface area (Å²) in [6.07, 6.45) is 2.97. The van der Waals surface area contributed by atoms with Gasteiger partial charge in [0.1, 0.15) is 12.4 Å². The van der Waals surface area contributed by atoms with Crippen molar-refractivity contribution in [3.63, 3.8) is 0 Å². The fraction of sp³-hybridized carbons (Fsp3) is 0.438. The van der Waals surface area contributed by atoms with Crippen LogP contribution in [0.5, 0.6) is 5.75 Å². The molecule has 0 saturated carbocycles. The number of rotatable bonds is 6. The Kier molecular flexibility index (Phi) is 4.46. The predicted molar refractivity (Wildman–Crippen MR) is 79.0 cm³/mol. The zero-order valence-electron chi connectivity index (χ0n) is 11.5. The third kappa shape index (κ3) is 3.26. The molecule has 3 rings (SSSR count). The average Bonchev–Trinajstić information content (AvgIpc) is 3.00. The van der Waals surface area contributed by atoms with Gasteiger partial charge in [0.25, 0.3) is 0 Å². The Labute approximate surface area is 119 Å². The van der Waals surface area contributed by atoms with E-state index in [2.05, 4.69) is 10.3 Å². The third-order valence-electron chi connectivity index (χ3n) is 3.60. The van der Waals surface area contributed by atoms with E-state index in [-0.39, 0.29) is 0 Å². The number of hydrogen-bond donors (Lipinski definition) is 1. The van der Waals surface area contributed by atoms with E-state index in [1.807, 2.05) is 30.3 Å². The first-order valence-electron chi connectivity index (χ1n) is 7.18. The van der Waals surface area contributed by atoms with Gasteiger partial charge in [0, 0.05) is 31.3 Å². The molecule has 1 saturated heterocycles. The van der Waals surface area contributed by atoms with Crippen molar-refractivity contribution in [1.82, 2.24) is 10.3 Å². The molecule has 1 N–H and O–H groups in total. The highest BCUT2D eigenvalue weighted by molar-refractivity contribution is 5.84. The second kappa shape index (κ2) is 6.68. The van der Waals surface area contributed by atoms with Crippen molar-refractivity contribution in [2.75, 3.05) is 32.9 Å². The first-order valence-corrected chi connectivity index (χ1v) is 7.18. The molecule has 4 heteroatoms. The normalized spacial score (nSPS) is 18.5. The van der Waals surface area contributed by atoms with Crippen molar-refractivity contribution in [1.29, 1.82) is 0 Å².